The number of nitrogens with zero attached hydrogens (tertiary/aromatic N) is 2. The Morgan fingerprint density at radius 3 is 1.97 bits per heavy atom. The second-order valence-electron chi connectivity index (χ2n) is 5.57. The summed E-state index contributed by atoms with van der Waals surface area (Å²) >= 11 is 5.89. The minimum atomic E-state index is -4.96. The van der Waals surface area contributed by atoms with Crippen molar-refractivity contribution in [2.24, 2.45) is 0 Å². The van der Waals surface area contributed by atoms with Crippen LogP contribution < -0.4 is 18.9 Å². The second kappa shape index (κ2) is 9.21. The van der Waals surface area contributed by atoms with Gasteiger partial charge in [0, 0.05) is 6.07 Å². The summed E-state index contributed by atoms with van der Waals surface area (Å²) in [5.41, 5.74) is -0.298. The third-order valence-electron chi connectivity index (χ3n) is 3.17. The standard InChI is InChI=1S/C15H12ClF6N3O5S/c1-28-8-2-3-9(16)10(4-8)25-31(26,27)11-12(29-5-14(17,18)19)23-7-24-13(11)30-6-15(20,21)22/h2-4,7,25H,5-6H2,1H3. The molecular weight excluding hydrogens is 484 g/mol. The summed E-state index contributed by atoms with van der Waals surface area (Å²) in [4.78, 5) is 5.27. The number of hydrogen-bond donors (Lipinski definition) is 1. The zero-order valence-corrected chi connectivity index (χ0v) is 16.8. The van der Waals surface area contributed by atoms with E-state index in [2.05, 4.69) is 19.4 Å². The first-order chi connectivity index (χ1) is 14.2. The molecule has 0 unspecified atom stereocenters. The van der Waals surface area contributed by atoms with Crippen LogP contribution in [0.4, 0.5) is 32.0 Å². The van der Waals surface area contributed by atoms with Gasteiger partial charge in [0.25, 0.3) is 10.0 Å². The Bertz CT molecular complexity index is 997. The lowest BCUT2D eigenvalue weighted by Crippen LogP contribution is -2.24. The number of benzene rings is 1. The van der Waals surface area contributed by atoms with Crippen molar-refractivity contribution >= 4 is 27.3 Å². The summed E-state index contributed by atoms with van der Waals surface area (Å²) in [5.74, 6) is -2.22. The van der Waals surface area contributed by atoms with Crippen molar-refractivity contribution in [3.05, 3.63) is 29.5 Å². The lowest BCUT2D eigenvalue weighted by molar-refractivity contribution is -0.155. The van der Waals surface area contributed by atoms with Crippen LogP contribution in [0.15, 0.2) is 29.4 Å². The van der Waals surface area contributed by atoms with E-state index in [0.29, 0.717) is 6.33 Å². The topological polar surface area (TPSA) is 99.6 Å². The summed E-state index contributed by atoms with van der Waals surface area (Å²) in [7, 11) is -3.69. The number of nitrogens with one attached hydrogen (secondary N) is 1. The molecule has 2 aromatic rings. The molecule has 8 nitrogen and oxygen atoms in total. The van der Waals surface area contributed by atoms with E-state index in [9.17, 15) is 34.8 Å². The molecule has 1 aromatic heterocycles. The first-order valence-electron chi connectivity index (χ1n) is 7.82. The highest BCUT2D eigenvalue weighted by Gasteiger charge is 2.35. The van der Waals surface area contributed by atoms with E-state index < -0.39 is 52.2 Å². The van der Waals surface area contributed by atoms with Crippen LogP contribution in [0, 0.1) is 0 Å². The molecular formula is C15H12ClF6N3O5S. The van der Waals surface area contributed by atoms with Gasteiger partial charge in [0.15, 0.2) is 13.2 Å². The first-order valence-corrected chi connectivity index (χ1v) is 9.68. The summed E-state index contributed by atoms with van der Waals surface area (Å²) in [6, 6.07) is 3.74. The lowest BCUT2D eigenvalue weighted by Gasteiger charge is -2.17. The van der Waals surface area contributed by atoms with Crippen molar-refractivity contribution in [1.29, 1.82) is 0 Å². The third kappa shape index (κ3) is 7.20. The van der Waals surface area contributed by atoms with Crippen LogP contribution in [0.2, 0.25) is 5.02 Å². The van der Waals surface area contributed by atoms with Gasteiger partial charge in [-0.3, -0.25) is 4.72 Å². The van der Waals surface area contributed by atoms with Crippen molar-refractivity contribution in [2.45, 2.75) is 17.2 Å². The zero-order chi connectivity index (χ0) is 23.4. The van der Waals surface area contributed by atoms with Crippen LogP contribution in [0.1, 0.15) is 0 Å². The molecule has 0 aliphatic carbocycles. The maximum absolute atomic E-state index is 12.8. The fourth-order valence-corrected chi connectivity index (χ4v) is 3.45. The smallest absolute Gasteiger partial charge is 0.422 e. The first kappa shape index (κ1) is 24.6. The van der Waals surface area contributed by atoms with E-state index in [4.69, 9.17) is 16.3 Å². The van der Waals surface area contributed by atoms with Gasteiger partial charge in [-0.1, -0.05) is 11.6 Å². The molecule has 0 fully saturated rings. The summed E-state index contributed by atoms with van der Waals surface area (Å²) in [6.45, 7) is -3.96. The minimum absolute atomic E-state index is 0.147. The van der Waals surface area contributed by atoms with Crippen molar-refractivity contribution in [1.82, 2.24) is 9.97 Å². The van der Waals surface area contributed by atoms with Gasteiger partial charge in [-0.05, 0) is 12.1 Å². The largest absolute Gasteiger partial charge is 0.497 e. The number of alkyl halides is 6. The van der Waals surface area contributed by atoms with E-state index in [0.717, 1.165) is 6.07 Å². The Balaban J connectivity index is 2.53. The summed E-state index contributed by atoms with van der Waals surface area (Å²) in [6.07, 6.45) is -9.32. The van der Waals surface area contributed by atoms with Crippen molar-refractivity contribution in [3.63, 3.8) is 0 Å². The maximum Gasteiger partial charge on any atom is 0.422 e. The maximum atomic E-state index is 12.8. The molecule has 172 valence electrons. The number of methoxy groups -OCH3 is 1. The van der Waals surface area contributed by atoms with Crippen molar-refractivity contribution < 1.29 is 49.0 Å². The number of ether oxygens (including phenoxy) is 3. The van der Waals surface area contributed by atoms with E-state index in [-0.39, 0.29) is 16.5 Å². The van der Waals surface area contributed by atoms with Crippen LogP contribution in [0.3, 0.4) is 0 Å². The number of hydrogen-bond acceptors (Lipinski definition) is 7. The predicted octanol–water partition coefficient (Wildman–Crippen LogP) is 3.82. The molecule has 16 heteroatoms. The van der Waals surface area contributed by atoms with Gasteiger partial charge in [-0.25, -0.2) is 18.4 Å². The Kier molecular flexibility index (Phi) is 7.31. The molecule has 1 N–H and O–H groups in total. The van der Waals surface area contributed by atoms with Crippen LogP contribution in [-0.4, -0.2) is 51.1 Å². The molecule has 0 radical (unpaired) electrons. The molecule has 0 atom stereocenters. The molecule has 0 bridgehead atoms. The molecule has 0 aliphatic rings. The lowest BCUT2D eigenvalue weighted by atomic mass is 10.3. The Morgan fingerprint density at radius 2 is 1.52 bits per heavy atom. The fourth-order valence-electron chi connectivity index (χ4n) is 1.98. The Morgan fingerprint density at radius 1 is 1.00 bits per heavy atom. The Hall–Kier alpha value is -2.68. The second-order valence-corrected chi connectivity index (χ2v) is 7.60. The molecule has 31 heavy (non-hydrogen) atoms. The van der Waals surface area contributed by atoms with E-state index in [1.807, 2.05) is 4.72 Å². The van der Waals surface area contributed by atoms with Gasteiger partial charge in [0.1, 0.15) is 12.1 Å². The number of rotatable bonds is 8. The van der Waals surface area contributed by atoms with E-state index in [1.54, 1.807) is 0 Å². The van der Waals surface area contributed by atoms with Gasteiger partial charge in [0.05, 0.1) is 17.8 Å². The van der Waals surface area contributed by atoms with Crippen LogP contribution in [0.5, 0.6) is 17.5 Å². The minimum Gasteiger partial charge on any atom is -0.497 e. The van der Waals surface area contributed by atoms with Crippen LogP contribution in [0.25, 0.3) is 0 Å². The monoisotopic (exact) mass is 495 g/mol. The molecule has 0 amide bonds. The highest BCUT2D eigenvalue weighted by molar-refractivity contribution is 7.93. The van der Waals surface area contributed by atoms with Gasteiger partial charge in [-0.2, -0.15) is 26.3 Å². The number of halogens is 7. The third-order valence-corrected chi connectivity index (χ3v) is 4.88. The molecule has 0 spiro atoms. The fraction of sp³-hybridized carbons (Fsp3) is 0.333. The van der Waals surface area contributed by atoms with Crippen molar-refractivity contribution in [2.75, 3.05) is 25.0 Å². The normalized spacial score (nSPS) is 12.4. The van der Waals surface area contributed by atoms with Gasteiger partial charge in [-0.15, -0.1) is 0 Å². The molecule has 0 saturated heterocycles. The highest BCUT2D eigenvalue weighted by atomic mass is 35.5. The van der Waals surface area contributed by atoms with Crippen LogP contribution in [-0.2, 0) is 10.0 Å². The number of aromatic nitrogens is 2. The van der Waals surface area contributed by atoms with E-state index >= 15 is 0 Å². The molecule has 0 aliphatic heterocycles. The van der Waals surface area contributed by atoms with Gasteiger partial charge >= 0.3 is 12.4 Å². The van der Waals surface area contributed by atoms with Gasteiger partial charge in [0.2, 0.25) is 16.7 Å². The van der Waals surface area contributed by atoms with Crippen LogP contribution >= 0.6 is 11.6 Å². The number of anilines is 1. The quantitative estimate of drug-likeness (QED) is 0.556. The summed E-state index contributed by atoms with van der Waals surface area (Å²) < 4.78 is 116. The average Bonchev–Trinajstić information content (AvgIpc) is 2.65. The van der Waals surface area contributed by atoms with Crippen molar-refractivity contribution in [3.8, 4) is 17.5 Å². The SMILES string of the molecule is COc1ccc(Cl)c(NS(=O)(=O)c2c(OCC(F)(F)F)ncnc2OCC(F)(F)F)c1. The van der Waals surface area contributed by atoms with E-state index in [1.165, 1.54) is 19.2 Å². The zero-order valence-electron chi connectivity index (χ0n) is 15.2. The Labute approximate surface area is 176 Å². The number of sulfonamides is 1. The summed E-state index contributed by atoms with van der Waals surface area (Å²) in [5, 5.41) is -0.156. The molecule has 2 rings (SSSR count). The molecule has 1 heterocycles. The molecule has 1 aromatic carbocycles. The average molecular weight is 496 g/mol. The highest BCUT2D eigenvalue weighted by Crippen LogP contribution is 2.35. The predicted molar refractivity (Wildman–Crippen MR) is 93.9 cm³/mol. The molecule has 0 saturated carbocycles. The van der Waals surface area contributed by atoms with Gasteiger partial charge < -0.3 is 14.2 Å².